The predicted octanol–water partition coefficient (Wildman–Crippen LogP) is 3.88. The van der Waals surface area contributed by atoms with Crippen LogP contribution in [0.25, 0.3) is 50.6 Å². The molecule has 6 rings (SSSR count). The van der Waals surface area contributed by atoms with Crippen LogP contribution in [0.5, 0.6) is 0 Å². The maximum atomic E-state index is 6.77. The number of nitrogens with two attached hydrogens (primary N) is 1. The maximum Gasteiger partial charge on any atom is 0.245 e. The van der Waals surface area contributed by atoms with E-state index in [-0.39, 0.29) is 0 Å². The van der Waals surface area contributed by atoms with E-state index >= 15 is 0 Å². The fraction of sp³-hybridized carbons (Fsp3) is 0.136. The van der Waals surface area contributed by atoms with Gasteiger partial charge in [0.05, 0.1) is 16.6 Å². The summed E-state index contributed by atoms with van der Waals surface area (Å²) in [5.74, 6) is 1.25. The van der Waals surface area contributed by atoms with E-state index in [0.717, 1.165) is 34.7 Å². The third-order valence-corrected chi connectivity index (χ3v) is 5.50. The molecular formula is C22H18N8O. The standard InChI is InChI=1S/C22H18N8O/c1-3-29-15-10-5-4-9-14(15)24-21(29)16-17-22(26-20-19(25-17)27-31-28-20)30(18(16)23)13-8-6-7-12(2)11-13/h4-11H,3,23H2,1-2H3. The Morgan fingerprint density at radius 1 is 0.968 bits per heavy atom. The number of anilines is 1. The average Bonchev–Trinajstić information content (AvgIpc) is 3.44. The Labute approximate surface area is 176 Å². The van der Waals surface area contributed by atoms with Crippen molar-refractivity contribution in [3.8, 4) is 17.1 Å². The van der Waals surface area contributed by atoms with Crippen molar-refractivity contribution in [2.75, 3.05) is 5.73 Å². The molecule has 0 amide bonds. The Morgan fingerprint density at radius 2 is 1.77 bits per heavy atom. The molecular weight excluding hydrogens is 392 g/mol. The monoisotopic (exact) mass is 410 g/mol. The van der Waals surface area contributed by atoms with Crippen molar-refractivity contribution in [3.05, 3.63) is 54.1 Å². The van der Waals surface area contributed by atoms with Crippen molar-refractivity contribution < 1.29 is 4.63 Å². The van der Waals surface area contributed by atoms with Gasteiger partial charge < -0.3 is 10.3 Å². The van der Waals surface area contributed by atoms with Crippen molar-refractivity contribution in [1.29, 1.82) is 0 Å². The molecule has 0 spiro atoms. The first-order chi connectivity index (χ1) is 15.2. The van der Waals surface area contributed by atoms with Crippen LogP contribution in [0.1, 0.15) is 12.5 Å². The van der Waals surface area contributed by atoms with Gasteiger partial charge in [0, 0.05) is 12.2 Å². The summed E-state index contributed by atoms with van der Waals surface area (Å²) in [7, 11) is 0. The molecule has 152 valence electrons. The molecule has 0 aliphatic rings. The Hall–Kier alpha value is -4.27. The van der Waals surface area contributed by atoms with Crippen LogP contribution in [0.15, 0.2) is 53.2 Å². The summed E-state index contributed by atoms with van der Waals surface area (Å²) in [6.07, 6.45) is 0. The number of aromatic nitrogens is 7. The molecule has 0 radical (unpaired) electrons. The van der Waals surface area contributed by atoms with Gasteiger partial charge in [-0.1, -0.05) is 24.3 Å². The molecule has 0 unspecified atom stereocenters. The van der Waals surface area contributed by atoms with Crippen LogP contribution in [-0.2, 0) is 6.54 Å². The summed E-state index contributed by atoms with van der Waals surface area (Å²) in [4.78, 5) is 14.3. The highest BCUT2D eigenvalue weighted by atomic mass is 16.6. The molecule has 4 heterocycles. The SMILES string of the molecule is CCn1c(-c2c(N)n(-c3cccc(C)c3)c3nc4nonc4nc23)nc2ccccc21. The van der Waals surface area contributed by atoms with Crippen LogP contribution in [0.3, 0.4) is 0 Å². The van der Waals surface area contributed by atoms with Crippen LogP contribution in [-0.4, -0.2) is 34.4 Å². The molecule has 0 bridgehead atoms. The van der Waals surface area contributed by atoms with Crippen molar-refractivity contribution in [2.45, 2.75) is 20.4 Å². The van der Waals surface area contributed by atoms with Crippen molar-refractivity contribution in [3.63, 3.8) is 0 Å². The number of fused-ring (bicyclic) bond motifs is 3. The first-order valence-corrected chi connectivity index (χ1v) is 9.98. The first-order valence-electron chi connectivity index (χ1n) is 9.98. The number of hydrogen-bond acceptors (Lipinski definition) is 7. The number of nitrogen functional groups attached to an aromatic ring is 1. The normalized spacial score (nSPS) is 11.8. The molecule has 9 heteroatoms. The van der Waals surface area contributed by atoms with Crippen molar-refractivity contribution >= 4 is 39.3 Å². The summed E-state index contributed by atoms with van der Waals surface area (Å²) in [6.45, 7) is 4.85. The van der Waals surface area contributed by atoms with Gasteiger partial charge in [0.25, 0.3) is 0 Å². The van der Waals surface area contributed by atoms with Gasteiger partial charge in [-0.25, -0.2) is 19.6 Å². The molecule has 2 N–H and O–H groups in total. The Kier molecular flexibility index (Phi) is 3.61. The van der Waals surface area contributed by atoms with E-state index in [1.165, 1.54) is 0 Å². The molecule has 0 aliphatic heterocycles. The lowest BCUT2D eigenvalue weighted by Crippen LogP contribution is -2.03. The highest BCUT2D eigenvalue weighted by Gasteiger charge is 2.26. The zero-order valence-electron chi connectivity index (χ0n) is 16.9. The average molecular weight is 410 g/mol. The molecule has 31 heavy (non-hydrogen) atoms. The van der Waals surface area contributed by atoms with E-state index in [1.54, 1.807) is 0 Å². The van der Waals surface area contributed by atoms with Gasteiger partial charge >= 0.3 is 0 Å². The molecule has 0 fully saturated rings. The first kappa shape index (κ1) is 17.6. The molecule has 0 aliphatic carbocycles. The summed E-state index contributed by atoms with van der Waals surface area (Å²) >= 11 is 0. The number of hydrogen-bond donors (Lipinski definition) is 1. The third-order valence-electron chi connectivity index (χ3n) is 5.50. The van der Waals surface area contributed by atoms with E-state index in [2.05, 4.69) is 38.9 Å². The summed E-state index contributed by atoms with van der Waals surface area (Å²) in [6, 6.07) is 16.1. The van der Waals surface area contributed by atoms with Gasteiger partial charge in [-0.2, -0.15) is 0 Å². The highest BCUT2D eigenvalue weighted by Crippen LogP contribution is 2.38. The minimum absolute atomic E-state index is 0.328. The number of nitrogens with zero attached hydrogens (tertiary/aromatic N) is 7. The third kappa shape index (κ3) is 2.46. The minimum Gasteiger partial charge on any atom is -0.384 e. The number of para-hydroxylation sites is 2. The van der Waals surface area contributed by atoms with E-state index in [9.17, 15) is 0 Å². The fourth-order valence-electron chi connectivity index (χ4n) is 4.14. The molecule has 2 aromatic carbocycles. The van der Waals surface area contributed by atoms with Crippen LogP contribution in [0, 0.1) is 6.92 Å². The molecule has 0 saturated carbocycles. The van der Waals surface area contributed by atoms with Gasteiger partial charge in [-0.15, -0.1) is 0 Å². The van der Waals surface area contributed by atoms with Gasteiger partial charge in [0.1, 0.15) is 17.2 Å². The van der Waals surface area contributed by atoms with Crippen LogP contribution in [0.2, 0.25) is 0 Å². The molecule has 0 atom stereocenters. The zero-order valence-corrected chi connectivity index (χ0v) is 16.9. The van der Waals surface area contributed by atoms with Crippen molar-refractivity contribution in [2.24, 2.45) is 0 Å². The second kappa shape index (κ2) is 6.36. The molecule has 6 aromatic rings. The summed E-state index contributed by atoms with van der Waals surface area (Å²) in [5.41, 5.74) is 13.3. The highest BCUT2D eigenvalue weighted by molar-refractivity contribution is 6.01. The van der Waals surface area contributed by atoms with Crippen LogP contribution in [0.4, 0.5) is 5.82 Å². The number of benzene rings is 2. The second-order valence-corrected chi connectivity index (χ2v) is 7.41. The van der Waals surface area contributed by atoms with Crippen LogP contribution < -0.4 is 5.73 Å². The topological polar surface area (TPSA) is 113 Å². The van der Waals surface area contributed by atoms with Crippen LogP contribution >= 0.6 is 0 Å². The zero-order chi connectivity index (χ0) is 21.1. The predicted molar refractivity (Wildman–Crippen MR) is 118 cm³/mol. The fourth-order valence-corrected chi connectivity index (χ4v) is 4.14. The largest absolute Gasteiger partial charge is 0.384 e. The molecule has 0 saturated heterocycles. The quantitative estimate of drug-likeness (QED) is 0.471. The van der Waals surface area contributed by atoms with Gasteiger partial charge in [-0.3, -0.25) is 4.57 Å². The van der Waals surface area contributed by atoms with Gasteiger partial charge in [-0.05, 0) is 54.0 Å². The lowest BCUT2D eigenvalue weighted by Gasteiger charge is -2.09. The van der Waals surface area contributed by atoms with E-state index in [0.29, 0.717) is 33.8 Å². The minimum atomic E-state index is 0.328. The van der Waals surface area contributed by atoms with E-state index < -0.39 is 0 Å². The number of rotatable bonds is 3. The van der Waals surface area contributed by atoms with Gasteiger partial charge in [0.2, 0.25) is 11.3 Å². The maximum absolute atomic E-state index is 6.77. The Bertz CT molecular complexity index is 1610. The van der Waals surface area contributed by atoms with Crippen molar-refractivity contribution in [1.82, 2.24) is 34.4 Å². The lowest BCUT2D eigenvalue weighted by atomic mass is 10.2. The lowest BCUT2D eigenvalue weighted by molar-refractivity contribution is 0.314. The van der Waals surface area contributed by atoms with Gasteiger partial charge in [0.15, 0.2) is 5.65 Å². The number of aryl methyl sites for hydroxylation is 2. The van der Waals surface area contributed by atoms with E-state index in [1.807, 2.05) is 47.9 Å². The molecule has 9 nitrogen and oxygen atoms in total. The Morgan fingerprint density at radius 3 is 2.58 bits per heavy atom. The number of imidazole rings is 1. The summed E-state index contributed by atoms with van der Waals surface area (Å²) in [5, 5.41) is 7.74. The summed E-state index contributed by atoms with van der Waals surface area (Å²) < 4.78 is 8.87. The smallest absolute Gasteiger partial charge is 0.245 e. The Balaban J connectivity index is 1.77. The molecule has 4 aromatic heterocycles. The second-order valence-electron chi connectivity index (χ2n) is 7.41. The van der Waals surface area contributed by atoms with E-state index in [4.69, 9.17) is 20.3 Å².